The second kappa shape index (κ2) is 6.33. The third-order valence-electron chi connectivity index (χ3n) is 3.40. The molecule has 2 heterocycles. The zero-order valence-corrected chi connectivity index (χ0v) is 10.5. The largest absolute Gasteiger partial charge is 0.376 e. The Balaban J connectivity index is 1.77. The molecule has 5 nitrogen and oxygen atoms in total. The van der Waals surface area contributed by atoms with E-state index < -0.39 is 6.10 Å². The number of hydrogen-bond acceptors (Lipinski definition) is 4. The van der Waals surface area contributed by atoms with Gasteiger partial charge in [-0.05, 0) is 31.8 Å². The van der Waals surface area contributed by atoms with Crippen LogP contribution in [0.15, 0.2) is 0 Å². The first-order valence-corrected chi connectivity index (χ1v) is 6.42. The first kappa shape index (κ1) is 12.8. The van der Waals surface area contributed by atoms with Crippen molar-refractivity contribution in [1.82, 2.24) is 10.2 Å². The fourth-order valence-corrected chi connectivity index (χ4v) is 2.43. The molecule has 1 amide bonds. The lowest BCUT2D eigenvalue weighted by Crippen LogP contribution is -2.46. The van der Waals surface area contributed by atoms with Gasteiger partial charge in [-0.2, -0.15) is 0 Å². The molecule has 17 heavy (non-hydrogen) atoms. The van der Waals surface area contributed by atoms with Gasteiger partial charge in [-0.15, -0.1) is 0 Å². The molecule has 0 saturated carbocycles. The average Bonchev–Trinajstić information content (AvgIpc) is 2.40. The number of amides is 1. The van der Waals surface area contributed by atoms with Crippen molar-refractivity contribution < 1.29 is 14.3 Å². The summed E-state index contributed by atoms with van der Waals surface area (Å²) >= 11 is 0. The van der Waals surface area contributed by atoms with E-state index in [4.69, 9.17) is 9.47 Å². The highest BCUT2D eigenvalue weighted by atomic mass is 16.6. The van der Waals surface area contributed by atoms with E-state index in [9.17, 15) is 4.79 Å². The van der Waals surface area contributed by atoms with Crippen LogP contribution in [0, 0.1) is 5.92 Å². The summed E-state index contributed by atoms with van der Waals surface area (Å²) in [5.41, 5.74) is 0. The molecular formula is C12H22N2O3. The van der Waals surface area contributed by atoms with Crippen LogP contribution in [0.3, 0.4) is 0 Å². The summed E-state index contributed by atoms with van der Waals surface area (Å²) in [7, 11) is 1.86. The maximum atomic E-state index is 12.1. The van der Waals surface area contributed by atoms with Crippen molar-refractivity contribution in [3.8, 4) is 0 Å². The van der Waals surface area contributed by atoms with E-state index in [-0.39, 0.29) is 5.91 Å². The van der Waals surface area contributed by atoms with Crippen LogP contribution in [0.1, 0.15) is 12.8 Å². The van der Waals surface area contributed by atoms with Crippen LogP contribution < -0.4 is 5.32 Å². The number of carbonyl (C=O) groups is 1. The monoisotopic (exact) mass is 242 g/mol. The van der Waals surface area contributed by atoms with Crippen LogP contribution in [0.2, 0.25) is 0 Å². The maximum absolute atomic E-state index is 12.1. The number of rotatable bonds is 3. The Morgan fingerprint density at radius 2 is 2.35 bits per heavy atom. The topological polar surface area (TPSA) is 50.8 Å². The van der Waals surface area contributed by atoms with Crippen molar-refractivity contribution in [2.45, 2.75) is 18.9 Å². The standard InChI is InChI=1S/C12H22N2O3/c1-14(8-10-3-2-4-13-7-10)12(15)11-9-16-5-6-17-11/h10-11,13H,2-9H2,1H3. The fourth-order valence-electron chi connectivity index (χ4n) is 2.43. The van der Waals surface area contributed by atoms with Crippen molar-refractivity contribution >= 4 is 5.91 Å². The minimum Gasteiger partial charge on any atom is -0.376 e. The van der Waals surface area contributed by atoms with Gasteiger partial charge >= 0.3 is 0 Å². The van der Waals surface area contributed by atoms with Crippen LogP contribution >= 0.6 is 0 Å². The molecule has 98 valence electrons. The number of likely N-dealkylation sites (N-methyl/N-ethyl adjacent to an activating group) is 1. The molecule has 0 bridgehead atoms. The number of nitrogens with one attached hydrogen (secondary N) is 1. The van der Waals surface area contributed by atoms with E-state index in [1.807, 2.05) is 7.05 Å². The SMILES string of the molecule is CN(CC1CCCNC1)C(=O)C1COCCO1. The van der Waals surface area contributed by atoms with E-state index in [1.54, 1.807) is 4.90 Å². The zero-order valence-electron chi connectivity index (χ0n) is 10.5. The normalized spacial score (nSPS) is 29.9. The molecule has 5 heteroatoms. The van der Waals surface area contributed by atoms with Gasteiger partial charge in [0.15, 0.2) is 6.10 Å². The van der Waals surface area contributed by atoms with Crippen molar-refractivity contribution in [2.75, 3.05) is 46.5 Å². The Morgan fingerprint density at radius 1 is 1.47 bits per heavy atom. The Bertz CT molecular complexity index is 248. The Kier molecular flexibility index (Phi) is 4.76. The van der Waals surface area contributed by atoms with Crippen LogP contribution in [0.25, 0.3) is 0 Å². The van der Waals surface area contributed by atoms with Crippen LogP contribution in [-0.4, -0.2) is 63.4 Å². The lowest BCUT2D eigenvalue weighted by atomic mass is 9.99. The summed E-state index contributed by atoms with van der Waals surface area (Å²) in [4.78, 5) is 13.9. The van der Waals surface area contributed by atoms with Gasteiger partial charge in [0.25, 0.3) is 5.91 Å². The first-order valence-electron chi connectivity index (χ1n) is 6.42. The lowest BCUT2D eigenvalue weighted by molar-refractivity contribution is -0.157. The zero-order chi connectivity index (χ0) is 12.1. The molecular weight excluding hydrogens is 220 g/mol. The summed E-state index contributed by atoms with van der Waals surface area (Å²) in [5.74, 6) is 0.623. The van der Waals surface area contributed by atoms with E-state index >= 15 is 0 Å². The van der Waals surface area contributed by atoms with Gasteiger partial charge in [-0.3, -0.25) is 4.79 Å². The summed E-state index contributed by atoms with van der Waals surface area (Å²) in [6, 6.07) is 0. The maximum Gasteiger partial charge on any atom is 0.253 e. The molecule has 2 fully saturated rings. The molecule has 2 aliphatic rings. The quantitative estimate of drug-likeness (QED) is 0.748. The number of nitrogens with zero attached hydrogens (tertiary/aromatic N) is 1. The van der Waals surface area contributed by atoms with Crippen molar-refractivity contribution in [3.63, 3.8) is 0 Å². The minimum absolute atomic E-state index is 0.0512. The second-order valence-electron chi connectivity index (χ2n) is 4.87. The molecule has 2 unspecified atom stereocenters. The van der Waals surface area contributed by atoms with Crippen molar-refractivity contribution in [2.24, 2.45) is 5.92 Å². The van der Waals surface area contributed by atoms with E-state index in [0.29, 0.717) is 25.7 Å². The average molecular weight is 242 g/mol. The van der Waals surface area contributed by atoms with E-state index in [0.717, 1.165) is 19.6 Å². The van der Waals surface area contributed by atoms with Gasteiger partial charge in [0, 0.05) is 13.6 Å². The van der Waals surface area contributed by atoms with Gasteiger partial charge in [-0.1, -0.05) is 0 Å². The fraction of sp³-hybridized carbons (Fsp3) is 0.917. The van der Waals surface area contributed by atoms with E-state index in [1.165, 1.54) is 12.8 Å². The van der Waals surface area contributed by atoms with Gasteiger partial charge in [0.05, 0.1) is 19.8 Å². The summed E-state index contributed by atoms with van der Waals surface area (Å²) < 4.78 is 10.7. The molecule has 0 aromatic carbocycles. The molecule has 0 radical (unpaired) electrons. The molecule has 2 atom stereocenters. The Labute approximate surface area is 102 Å². The highest BCUT2D eigenvalue weighted by molar-refractivity contribution is 5.80. The van der Waals surface area contributed by atoms with Crippen molar-refractivity contribution in [1.29, 1.82) is 0 Å². The third kappa shape index (κ3) is 3.66. The molecule has 0 spiro atoms. The highest BCUT2D eigenvalue weighted by Crippen LogP contribution is 2.12. The molecule has 2 rings (SSSR count). The van der Waals surface area contributed by atoms with Gasteiger partial charge < -0.3 is 19.7 Å². The highest BCUT2D eigenvalue weighted by Gasteiger charge is 2.27. The first-order chi connectivity index (χ1) is 8.27. The van der Waals surface area contributed by atoms with Gasteiger partial charge in [0.1, 0.15) is 0 Å². The number of carbonyl (C=O) groups excluding carboxylic acids is 1. The van der Waals surface area contributed by atoms with Gasteiger partial charge in [0.2, 0.25) is 0 Å². The number of piperidine rings is 1. The molecule has 2 saturated heterocycles. The predicted molar refractivity (Wildman–Crippen MR) is 63.8 cm³/mol. The van der Waals surface area contributed by atoms with E-state index in [2.05, 4.69) is 5.32 Å². The Morgan fingerprint density at radius 3 is 3.00 bits per heavy atom. The number of ether oxygens (including phenoxy) is 2. The number of hydrogen-bond donors (Lipinski definition) is 1. The summed E-state index contributed by atoms with van der Waals surface area (Å²) in [5, 5.41) is 3.36. The third-order valence-corrected chi connectivity index (χ3v) is 3.40. The van der Waals surface area contributed by atoms with Gasteiger partial charge in [-0.25, -0.2) is 0 Å². The van der Waals surface area contributed by atoms with Crippen LogP contribution in [-0.2, 0) is 14.3 Å². The lowest BCUT2D eigenvalue weighted by Gasteiger charge is -2.31. The molecule has 1 N–H and O–H groups in total. The minimum atomic E-state index is -0.398. The summed E-state index contributed by atoms with van der Waals surface area (Å²) in [6.07, 6.45) is 2.01. The van der Waals surface area contributed by atoms with Crippen LogP contribution in [0.4, 0.5) is 0 Å². The summed E-state index contributed by atoms with van der Waals surface area (Å²) in [6.45, 7) is 4.44. The van der Waals surface area contributed by atoms with Crippen molar-refractivity contribution in [3.05, 3.63) is 0 Å². The predicted octanol–water partition coefficient (Wildman–Crippen LogP) is -0.140. The molecule has 0 aromatic heterocycles. The molecule has 2 aliphatic heterocycles. The molecule has 0 aliphatic carbocycles. The smallest absolute Gasteiger partial charge is 0.253 e. The second-order valence-corrected chi connectivity index (χ2v) is 4.87. The Hall–Kier alpha value is -0.650. The molecule has 0 aromatic rings. The van der Waals surface area contributed by atoms with Crippen LogP contribution in [0.5, 0.6) is 0 Å².